The van der Waals surface area contributed by atoms with Gasteiger partial charge in [0.1, 0.15) is 5.82 Å². The second-order valence-corrected chi connectivity index (χ2v) is 6.46. The molecular formula is C19H16FNS. The smallest absolute Gasteiger partial charge is 0.123 e. The number of benzene rings is 2. The molecule has 22 heavy (non-hydrogen) atoms. The summed E-state index contributed by atoms with van der Waals surface area (Å²) in [5.74, 6) is 6.13. The van der Waals surface area contributed by atoms with E-state index in [0.29, 0.717) is 6.54 Å². The van der Waals surface area contributed by atoms with Gasteiger partial charge in [-0.15, -0.1) is 0 Å². The maximum absolute atomic E-state index is 13.7. The van der Waals surface area contributed by atoms with Crippen molar-refractivity contribution in [2.45, 2.75) is 9.79 Å². The lowest BCUT2D eigenvalue weighted by Gasteiger charge is -2.06. The second-order valence-electron chi connectivity index (χ2n) is 5.38. The fourth-order valence-corrected chi connectivity index (χ4v) is 3.29. The molecule has 0 spiro atoms. The van der Waals surface area contributed by atoms with Crippen LogP contribution in [0.5, 0.6) is 0 Å². The van der Waals surface area contributed by atoms with Crippen LogP contribution in [0.2, 0.25) is 0 Å². The van der Waals surface area contributed by atoms with Gasteiger partial charge in [0.15, 0.2) is 0 Å². The molecule has 2 aromatic carbocycles. The number of hydrogen-bond donors (Lipinski definition) is 0. The molecule has 0 aromatic heterocycles. The number of rotatable bonds is 1. The molecule has 0 bridgehead atoms. The van der Waals surface area contributed by atoms with Gasteiger partial charge in [0, 0.05) is 20.9 Å². The highest BCUT2D eigenvalue weighted by Crippen LogP contribution is 2.40. The van der Waals surface area contributed by atoms with Gasteiger partial charge < -0.3 is 0 Å². The molecular weight excluding hydrogens is 293 g/mol. The van der Waals surface area contributed by atoms with E-state index in [1.807, 2.05) is 37.2 Å². The van der Waals surface area contributed by atoms with Crippen LogP contribution in [0.1, 0.15) is 11.1 Å². The van der Waals surface area contributed by atoms with Crippen LogP contribution in [-0.4, -0.2) is 25.5 Å². The lowest BCUT2D eigenvalue weighted by molar-refractivity contribution is 0.464. The summed E-state index contributed by atoms with van der Waals surface area (Å²) >= 11 is 1.66. The molecule has 0 saturated heterocycles. The molecule has 1 nitrogen and oxygen atoms in total. The molecule has 110 valence electrons. The molecule has 0 aliphatic carbocycles. The van der Waals surface area contributed by atoms with Gasteiger partial charge in [0.25, 0.3) is 0 Å². The number of halogens is 1. The summed E-state index contributed by atoms with van der Waals surface area (Å²) in [5, 5.41) is 0. The average Bonchev–Trinajstić information content (AvgIpc) is 2.64. The van der Waals surface area contributed by atoms with E-state index in [1.54, 1.807) is 17.8 Å². The standard InChI is InChI=1S/C19H16FNS/c1-21(2)11-5-7-14-12-15-6-3-4-8-18(15)22-19-10-9-16(20)13-17(14)19/h3-4,6,8-10,12-13H,11H2,1-2H3. The van der Waals surface area contributed by atoms with Crippen molar-refractivity contribution in [2.75, 3.05) is 20.6 Å². The van der Waals surface area contributed by atoms with E-state index < -0.39 is 0 Å². The highest BCUT2D eigenvalue weighted by Gasteiger charge is 2.15. The zero-order valence-electron chi connectivity index (χ0n) is 12.6. The molecule has 0 amide bonds. The third-order valence-electron chi connectivity index (χ3n) is 3.29. The first-order valence-electron chi connectivity index (χ1n) is 7.05. The van der Waals surface area contributed by atoms with Crippen LogP contribution in [0.4, 0.5) is 4.39 Å². The largest absolute Gasteiger partial charge is 0.299 e. The van der Waals surface area contributed by atoms with E-state index in [0.717, 1.165) is 21.6 Å². The Balaban J connectivity index is 2.13. The summed E-state index contributed by atoms with van der Waals surface area (Å²) in [6.07, 6.45) is 2.05. The van der Waals surface area contributed by atoms with Crippen molar-refractivity contribution >= 4 is 23.4 Å². The first kappa shape index (κ1) is 14.9. The first-order valence-corrected chi connectivity index (χ1v) is 7.87. The Labute approximate surface area is 134 Å². The minimum absolute atomic E-state index is 0.231. The summed E-state index contributed by atoms with van der Waals surface area (Å²) in [7, 11) is 3.96. The van der Waals surface area contributed by atoms with Gasteiger partial charge in [0.05, 0.1) is 6.54 Å². The van der Waals surface area contributed by atoms with Gasteiger partial charge in [-0.05, 0) is 50.0 Å². The molecule has 0 atom stereocenters. The van der Waals surface area contributed by atoms with Crippen molar-refractivity contribution in [3.63, 3.8) is 0 Å². The quantitative estimate of drug-likeness (QED) is 0.719. The molecule has 2 aromatic rings. The Hall–Kier alpha value is -2.02. The fourth-order valence-electron chi connectivity index (χ4n) is 2.24. The Bertz CT molecular complexity index is 797. The third kappa shape index (κ3) is 3.24. The average molecular weight is 309 g/mol. The van der Waals surface area contributed by atoms with Crippen LogP contribution in [-0.2, 0) is 0 Å². The van der Waals surface area contributed by atoms with Crippen LogP contribution in [0, 0.1) is 17.7 Å². The SMILES string of the molecule is CN(C)CC#CC1=Cc2ccccc2Sc2ccc(F)cc21. The van der Waals surface area contributed by atoms with Crippen LogP contribution in [0.15, 0.2) is 52.3 Å². The van der Waals surface area contributed by atoms with Crippen molar-refractivity contribution < 1.29 is 4.39 Å². The molecule has 0 saturated carbocycles. The monoisotopic (exact) mass is 309 g/mol. The van der Waals surface area contributed by atoms with E-state index in [-0.39, 0.29) is 5.82 Å². The summed E-state index contributed by atoms with van der Waals surface area (Å²) in [6, 6.07) is 13.1. The number of hydrogen-bond acceptors (Lipinski definition) is 2. The molecule has 0 N–H and O–H groups in total. The van der Waals surface area contributed by atoms with Crippen LogP contribution in [0.25, 0.3) is 11.6 Å². The van der Waals surface area contributed by atoms with Gasteiger partial charge in [-0.1, -0.05) is 41.8 Å². The molecule has 0 unspecified atom stereocenters. The maximum Gasteiger partial charge on any atom is 0.123 e. The number of fused-ring (bicyclic) bond motifs is 2. The molecule has 1 aliphatic heterocycles. The van der Waals surface area contributed by atoms with Crippen molar-refractivity contribution in [3.05, 3.63) is 59.4 Å². The van der Waals surface area contributed by atoms with Crippen LogP contribution in [0.3, 0.4) is 0 Å². The van der Waals surface area contributed by atoms with E-state index in [2.05, 4.69) is 30.0 Å². The third-order valence-corrected chi connectivity index (χ3v) is 4.46. The lowest BCUT2D eigenvalue weighted by atomic mass is 10.0. The van der Waals surface area contributed by atoms with Gasteiger partial charge in [-0.25, -0.2) is 4.39 Å². The highest BCUT2D eigenvalue weighted by molar-refractivity contribution is 7.99. The van der Waals surface area contributed by atoms with E-state index >= 15 is 0 Å². The zero-order chi connectivity index (χ0) is 15.5. The predicted octanol–water partition coefficient (Wildman–Crippen LogP) is 4.40. The van der Waals surface area contributed by atoms with Crippen molar-refractivity contribution in [2.24, 2.45) is 0 Å². The topological polar surface area (TPSA) is 3.24 Å². The first-order chi connectivity index (χ1) is 10.6. The Morgan fingerprint density at radius 2 is 1.91 bits per heavy atom. The summed E-state index contributed by atoms with van der Waals surface area (Å²) in [6.45, 7) is 0.677. The second kappa shape index (κ2) is 6.39. The normalized spacial score (nSPS) is 12.6. The molecule has 1 heterocycles. The highest BCUT2D eigenvalue weighted by atomic mass is 32.2. The molecule has 3 rings (SSSR count). The summed E-state index contributed by atoms with van der Waals surface area (Å²) < 4.78 is 13.7. The fraction of sp³-hybridized carbons (Fsp3) is 0.158. The van der Waals surface area contributed by atoms with Crippen LogP contribution >= 0.6 is 11.8 Å². The Kier molecular flexibility index (Phi) is 4.33. The molecule has 0 fully saturated rings. The molecule has 3 heteroatoms. The maximum atomic E-state index is 13.7. The minimum atomic E-state index is -0.231. The zero-order valence-corrected chi connectivity index (χ0v) is 13.4. The summed E-state index contributed by atoms with van der Waals surface area (Å²) in [4.78, 5) is 4.22. The minimum Gasteiger partial charge on any atom is -0.299 e. The van der Waals surface area contributed by atoms with Gasteiger partial charge in [0.2, 0.25) is 0 Å². The van der Waals surface area contributed by atoms with E-state index in [1.165, 1.54) is 11.0 Å². The van der Waals surface area contributed by atoms with Gasteiger partial charge >= 0.3 is 0 Å². The van der Waals surface area contributed by atoms with Crippen molar-refractivity contribution in [1.29, 1.82) is 0 Å². The molecule has 0 radical (unpaired) electrons. The number of allylic oxidation sites excluding steroid dienone is 1. The van der Waals surface area contributed by atoms with Gasteiger partial charge in [-0.3, -0.25) is 4.90 Å². The van der Waals surface area contributed by atoms with Crippen molar-refractivity contribution in [3.8, 4) is 11.8 Å². The van der Waals surface area contributed by atoms with E-state index in [9.17, 15) is 4.39 Å². The van der Waals surface area contributed by atoms with Crippen LogP contribution < -0.4 is 0 Å². The van der Waals surface area contributed by atoms with Crippen molar-refractivity contribution in [1.82, 2.24) is 4.90 Å². The molecule has 1 aliphatic rings. The number of nitrogens with zero attached hydrogens (tertiary/aromatic N) is 1. The predicted molar refractivity (Wildman–Crippen MR) is 91.2 cm³/mol. The summed E-state index contributed by atoms with van der Waals surface area (Å²) in [5.41, 5.74) is 2.86. The lowest BCUT2D eigenvalue weighted by Crippen LogP contribution is -2.10. The Morgan fingerprint density at radius 1 is 1.09 bits per heavy atom. The van der Waals surface area contributed by atoms with Gasteiger partial charge in [-0.2, -0.15) is 0 Å². The van der Waals surface area contributed by atoms with E-state index in [4.69, 9.17) is 0 Å². The Morgan fingerprint density at radius 3 is 2.73 bits per heavy atom.